The molecule has 0 bridgehead atoms. The van der Waals surface area contributed by atoms with Crippen LogP contribution in [0.3, 0.4) is 0 Å². The molecule has 0 spiro atoms. The van der Waals surface area contributed by atoms with E-state index in [2.05, 4.69) is 27.7 Å². The molecule has 2 aromatic rings. The van der Waals surface area contributed by atoms with E-state index in [9.17, 15) is 4.79 Å². The molecule has 5 nitrogen and oxygen atoms in total. The third kappa shape index (κ3) is 6.03. The van der Waals surface area contributed by atoms with Crippen molar-refractivity contribution in [2.45, 2.75) is 85.7 Å². The second-order valence-corrected chi connectivity index (χ2v) is 10.2. The summed E-state index contributed by atoms with van der Waals surface area (Å²) in [4.78, 5) is 13.4. The number of nitrogens with two attached hydrogens (primary N) is 1. The number of nitrogens with zero attached hydrogens (tertiary/aromatic N) is 1. The van der Waals surface area contributed by atoms with Gasteiger partial charge in [0.25, 0.3) is 5.56 Å². The van der Waals surface area contributed by atoms with Gasteiger partial charge in [0.2, 0.25) is 0 Å². The quantitative estimate of drug-likeness (QED) is 0.525. The van der Waals surface area contributed by atoms with Gasteiger partial charge in [0.05, 0.1) is 24.3 Å². The van der Waals surface area contributed by atoms with Gasteiger partial charge in [-0.3, -0.25) is 4.79 Å². The van der Waals surface area contributed by atoms with Gasteiger partial charge in [-0.05, 0) is 48.8 Å². The van der Waals surface area contributed by atoms with Crippen LogP contribution in [0.1, 0.15) is 78.3 Å². The van der Waals surface area contributed by atoms with E-state index >= 15 is 0 Å². The van der Waals surface area contributed by atoms with Crippen molar-refractivity contribution in [2.75, 3.05) is 13.2 Å². The number of hydrogen-bond acceptors (Lipinski definition) is 4. The van der Waals surface area contributed by atoms with E-state index in [1.54, 1.807) is 0 Å². The summed E-state index contributed by atoms with van der Waals surface area (Å²) in [6.45, 7) is 10.7. The van der Waals surface area contributed by atoms with Crippen molar-refractivity contribution in [3.05, 3.63) is 34.2 Å². The van der Waals surface area contributed by atoms with E-state index in [0.717, 1.165) is 42.0 Å². The molecule has 31 heavy (non-hydrogen) atoms. The number of hydrogen-bond donors (Lipinski definition) is 1. The Hall–Kier alpha value is -2.01. The smallest absolute Gasteiger partial charge is 0.258 e. The molecule has 0 aliphatic heterocycles. The van der Waals surface area contributed by atoms with Crippen LogP contribution in [0, 0.1) is 11.3 Å². The van der Waals surface area contributed by atoms with E-state index in [4.69, 9.17) is 15.2 Å². The Labute approximate surface area is 186 Å². The first-order chi connectivity index (χ1) is 14.8. The predicted octanol–water partition coefficient (Wildman–Crippen LogP) is 5.64. The standard InChI is InChI=1S/C26H40N2O3/c1-5-6-14-30-24-22-15-20(31-17-19-10-8-7-9-11-19)12-13-21(22)25(29)28(23(24)16-27)18-26(2,3)4/h12-13,15,19H,5-11,14,16-18,27H2,1-4H3. The molecule has 0 atom stereocenters. The van der Waals surface area contributed by atoms with Crippen molar-refractivity contribution in [1.82, 2.24) is 4.57 Å². The van der Waals surface area contributed by atoms with Crippen LogP contribution in [-0.4, -0.2) is 17.8 Å². The molecule has 1 aliphatic carbocycles. The largest absolute Gasteiger partial charge is 0.493 e. The van der Waals surface area contributed by atoms with Crippen LogP contribution in [0.15, 0.2) is 23.0 Å². The van der Waals surface area contributed by atoms with Crippen LogP contribution in [0.2, 0.25) is 0 Å². The van der Waals surface area contributed by atoms with Crippen molar-refractivity contribution >= 4 is 10.8 Å². The molecular weight excluding hydrogens is 388 g/mol. The normalized spacial score (nSPS) is 15.4. The molecule has 0 unspecified atom stereocenters. The van der Waals surface area contributed by atoms with Crippen LogP contribution in [-0.2, 0) is 13.1 Å². The maximum absolute atomic E-state index is 13.4. The maximum Gasteiger partial charge on any atom is 0.258 e. The van der Waals surface area contributed by atoms with Gasteiger partial charge in [-0.25, -0.2) is 0 Å². The zero-order chi connectivity index (χ0) is 22.4. The minimum Gasteiger partial charge on any atom is -0.493 e. The SMILES string of the molecule is CCCCOc1c(CN)n(CC(C)(C)C)c(=O)c2ccc(OCC3CCCCC3)cc12. The number of pyridine rings is 1. The monoisotopic (exact) mass is 428 g/mol. The molecule has 0 amide bonds. The molecule has 0 radical (unpaired) electrons. The highest BCUT2D eigenvalue weighted by Gasteiger charge is 2.22. The molecule has 1 aromatic carbocycles. The van der Waals surface area contributed by atoms with E-state index in [1.807, 2.05) is 22.8 Å². The average Bonchev–Trinajstić information content (AvgIpc) is 2.75. The number of unbranched alkanes of at least 4 members (excludes halogenated alkanes) is 1. The Morgan fingerprint density at radius 3 is 2.48 bits per heavy atom. The minimum absolute atomic E-state index is 0.00736. The van der Waals surface area contributed by atoms with Crippen molar-refractivity contribution < 1.29 is 9.47 Å². The minimum atomic E-state index is -0.0504. The van der Waals surface area contributed by atoms with E-state index in [1.165, 1.54) is 32.1 Å². The van der Waals surface area contributed by atoms with Gasteiger partial charge in [-0.15, -0.1) is 0 Å². The molecule has 5 heteroatoms. The molecule has 0 saturated heterocycles. The fourth-order valence-corrected chi connectivity index (χ4v) is 4.43. The molecule has 1 fully saturated rings. The van der Waals surface area contributed by atoms with E-state index in [-0.39, 0.29) is 17.5 Å². The fourth-order valence-electron chi connectivity index (χ4n) is 4.43. The summed E-state index contributed by atoms with van der Waals surface area (Å²) < 4.78 is 14.2. The van der Waals surface area contributed by atoms with Gasteiger partial charge in [-0.1, -0.05) is 53.4 Å². The van der Waals surface area contributed by atoms with Crippen LogP contribution < -0.4 is 20.8 Å². The Morgan fingerprint density at radius 2 is 1.84 bits per heavy atom. The van der Waals surface area contributed by atoms with E-state index < -0.39 is 0 Å². The third-order valence-corrected chi connectivity index (χ3v) is 6.08. The first kappa shape index (κ1) is 23.6. The van der Waals surface area contributed by atoms with Crippen LogP contribution in [0.25, 0.3) is 10.8 Å². The lowest BCUT2D eigenvalue weighted by Crippen LogP contribution is -2.31. The fraction of sp³-hybridized carbons (Fsp3) is 0.654. The first-order valence-electron chi connectivity index (χ1n) is 12.0. The lowest BCUT2D eigenvalue weighted by atomic mass is 9.90. The Balaban J connectivity index is 2.02. The first-order valence-corrected chi connectivity index (χ1v) is 12.0. The van der Waals surface area contributed by atoms with Crippen molar-refractivity contribution in [3.8, 4) is 11.5 Å². The van der Waals surface area contributed by atoms with Crippen molar-refractivity contribution in [2.24, 2.45) is 17.1 Å². The number of rotatable bonds is 9. The number of aromatic nitrogens is 1. The molecule has 2 N–H and O–H groups in total. The van der Waals surface area contributed by atoms with Crippen LogP contribution >= 0.6 is 0 Å². The van der Waals surface area contributed by atoms with Gasteiger partial charge in [0.1, 0.15) is 11.5 Å². The molecule has 1 aliphatic rings. The van der Waals surface area contributed by atoms with Gasteiger partial charge in [0.15, 0.2) is 0 Å². The summed E-state index contributed by atoms with van der Waals surface area (Å²) in [6, 6.07) is 5.79. The second-order valence-electron chi connectivity index (χ2n) is 10.2. The highest BCUT2D eigenvalue weighted by atomic mass is 16.5. The van der Waals surface area contributed by atoms with Gasteiger partial charge >= 0.3 is 0 Å². The third-order valence-electron chi connectivity index (χ3n) is 6.08. The zero-order valence-electron chi connectivity index (χ0n) is 19.8. The van der Waals surface area contributed by atoms with Gasteiger partial charge in [-0.2, -0.15) is 0 Å². The summed E-state index contributed by atoms with van der Waals surface area (Å²) in [6.07, 6.45) is 8.44. The Kier molecular flexibility index (Phi) is 8.04. The second kappa shape index (κ2) is 10.5. The molecular formula is C26H40N2O3. The molecule has 1 heterocycles. The van der Waals surface area contributed by atoms with E-state index in [0.29, 0.717) is 24.5 Å². The van der Waals surface area contributed by atoms with Crippen LogP contribution in [0.4, 0.5) is 0 Å². The molecule has 1 saturated carbocycles. The van der Waals surface area contributed by atoms with Crippen molar-refractivity contribution in [1.29, 1.82) is 0 Å². The maximum atomic E-state index is 13.4. The number of fused-ring (bicyclic) bond motifs is 1. The summed E-state index contributed by atoms with van der Waals surface area (Å²) >= 11 is 0. The Morgan fingerprint density at radius 1 is 1.10 bits per heavy atom. The lowest BCUT2D eigenvalue weighted by molar-refractivity contribution is 0.209. The molecule has 3 rings (SSSR count). The van der Waals surface area contributed by atoms with Gasteiger partial charge < -0.3 is 19.8 Å². The number of ether oxygens (including phenoxy) is 2. The Bertz CT molecular complexity index is 921. The highest BCUT2D eigenvalue weighted by Crippen LogP contribution is 2.33. The zero-order valence-corrected chi connectivity index (χ0v) is 19.8. The summed E-state index contributed by atoms with van der Waals surface area (Å²) in [5.41, 5.74) is 6.87. The van der Waals surface area contributed by atoms with Crippen LogP contribution in [0.5, 0.6) is 11.5 Å². The molecule has 172 valence electrons. The molecule has 1 aromatic heterocycles. The topological polar surface area (TPSA) is 66.5 Å². The average molecular weight is 429 g/mol. The number of benzene rings is 1. The summed E-state index contributed by atoms with van der Waals surface area (Å²) in [5.74, 6) is 2.16. The van der Waals surface area contributed by atoms with Gasteiger partial charge in [0, 0.05) is 18.5 Å². The lowest BCUT2D eigenvalue weighted by Gasteiger charge is -2.25. The predicted molar refractivity (Wildman–Crippen MR) is 128 cm³/mol. The highest BCUT2D eigenvalue weighted by molar-refractivity contribution is 5.89. The summed E-state index contributed by atoms with van der Waals surface area (Å²) in [5, 5.41) is 1.48. The van der Waals surface area contributed by atoms with Crippen molar-refractivity contribution in [3.63, 3.8) is 0 Å². The summed E-state index contributed by atoms with van der Waals surface area (Å²) in [7, 11) is 0.